The minimum Gasteiger partial charge on any atom is -0.860 e. The van der Waals surface area contributed by atoms with Crippen LogP contribution in [0, 0.1) is 0 Å². The van der Waals surface area contributed by atoms with Crippen LogP contribution in [0.3, 0.4) is 0 Å². The summed E-state index contributed by atoms with van der Waals surface area (Å²) >= 11 is 0. The maximum Gasteiger partial charge on any atom is 2.00 e. The van der Waals surface area contributed by atoms with Crippen molar-refractivity contribution < 1.29 is 41.9 Å². The van der Waals surface area contributed by atoms with Crippen molar-refractivity contribution in [3.05, 3.63) is 0 Å². The average Bonchev–Trinajstić information content (AvgIpc) is 2.43. The molecule has 0 heterocycles. The fourth-order valence-corrected chi connectivity index (χ4v) is 2.45. The van der Waals surface area contributed by atoms with E-state index in [0.717, 1.165) is 12.8 Å². The first-order valence-corrected chi connectivity index (χ1v) is 8.68. The summed E-state index contributed by atoms with van der Waals surface area (Å²) < 4.78 is 4.01. The number of hydrogen-bond acceptors (Lipinski definition) is 4. The van der Waals surface area contributed by atoms with Crippen LogP contribution in [0.4, 0.5) is 0 Å². The third-order valence-corrected chi connectivity index (χ3v) is 3.71. The molecule has 22 heavy (non-hydrogen) atoms. The minimum absolute atomic E-state index is 0. The van der Waals surface area contributed by atoms with Crippen LogP contribution in [0.2, 0.25) is 0 Å². The Labute approximate surface area is 152 Å². The van der Waals surface area contributed by atoms with Crippen LogP contribution in [0.15, 0.2) is 0 Å². The van der Waals surface area contributed by atoms with E-state index in [9.17, 15) is 14.8 Å². The van der Waals surface area contributed by atoms with Crippen molar-refractivity contribution >= 4 is 13.3 Å². The fraction of sp³-hybridized carbons (Fsp3) is 0.938. The number of rotatable bonds is 15. The Morgan fingerprint density at radius 3 is 1.50 bits per heavy atom. The first-order valence-electron chi connectivity index (χ1n) is 8.68. The monoisotopic (exact) mass is 391 g/mol. The number of carbonyl (C=O) groups is 1. The van der Waals surface area contributed by atoms with Crippen LogP contribution in [0.1, 0.15) is 96.8 Å². The van der Waals surface area contributed by atoms with Gasteiger partial charge in [0.15, 0.2) is 0 Å². The molecular weight excluding hydrogens is 360 g/mol. The molecule has 0 aliphatic heterocycles. The van der Waals surface area contributed by atoms with Crippen LogP contribution in [0.25, 0.3) is 0 Å². The van der Waals surface area contributed by atoms with Crippen LogP contribution in [-0.4, -0.2) is 13.3 Å². The quantitative estimate of drug-likeness (QED) is 0.318. The van der Waals surface area contributed by atoms with Gasteiger partial charge in [-0.2, -0.15) is 0 Å². The molecule has 0 atom stereocenters. The topological polar surface area (TPSA) is 72.4 Å². The fourth-order valence-electron chi connectivity index (χ4n) is 2.45. The summed E-state index contributed by atoms with van der Waals surface area (Å²) in [6, 6.07) is 0. The summed E-state index contributed by atoms with van der Waals surface area (Å²) in [5.41, 5.74) is 0. The second kappa shape index (κ2) is 19.2. The minimum atomic E-state index is -2.47. The van der Waals surface area contributed by atoms with Gasteiger partial charge in [0.05, 0.1) is 0 Å². The molecule has 0 aromatic rings. The molecule has 0 saturated heterocycles. The summed E-state index contributed by atoms with van der Waals surface area (Å²) in [6.45, 7) is 2.24. The molecule has 0 bridgehead atoms. The molecule has 0 aliphatic rings. The van der Waals surface area contributed by atoms with E-state index in [-0.39, 0.29) is 28.8 Å². The molecule has 0 aromatic carbocycles. The smallest absolute Gasteiger partial charge is 0.860 e. The molecule has 1 radical (unpaired) electrons. The zero-order valence-corrected chi connectivity index (χ0v) is 16.3. The standard InChI is InChI=1S/C16H31BO4.Nb/c1-2-3-4-5-6-7-8-9-10-11-12-13-14-15-16(18)21-17(19)20;/h2-15H2,1H3;/q-2;+2. The van der Waals surface area contributed by atoms with Gasteiger partial charge in [-0.25, -0.2) is 0 Å². The van der Waals surface area contributed by atoms with E-state index < -0.39 is 13.3 Å². The molecule has 0 fully saturated rings. The van der Waals surface area contributed by atoms with Gasteiger partial charge in [-0.15, -0.1) is 0 Å². The summed E-state index contributed by atoms with van der Waals surface area (Å²) in [7, 11) is -2.47. The van der Waals surface area contributed by atoms with Gasteiger partial charge in [-0.05, 0) is 6.42 Å². The van der Waals surface area contributed by atoms with Crippen molar-refractivity contribution in [1.29, 1.82) is 0 Å². The van der Waals surface area contributed by atoms with Gasteiger partial charge >= 0.3 is 22.4 Å². The zero-order valence-electron chi connectivity index (χ0n) is 14.1. The van der Waals surface area contributed by atoms with Gasteiger partial charge in [0.2, 0.25) is 0 Å². The summed E-state index contributed by atoms with van der Waals surface area (Å²) in [5, 5.41) is 20.1. The molecule has 0 unspecified atom stereocenters. The Hall–Kier alpha value is 0.195. The first kappa shape index (κ1) is 24.4. The Balaban J connectivity index is 0. The summed E-state index contributed by atoms with van der Waals surface area (Å²) in [4.78, 5) is 10.9. The third-order valence-electron chi connectivity index (χ3n) is 3.71. The van der Waals surface area contributed by atoms with Gasteiger partial charge in [-0.3, -0.25) is 4.79 Å². The third kappa shape index (κ3) is 20.2. The van der Waals surface area contributed by atoms with Crippen molar-refractivity contribution in [2.75, 3.05) is 0 Å². The molecule has 4 nitrogen and oxygen atoms in total. The van der Waals surface area contributed by atoms with E-state index in [1.807, 2.05) is 0 Å². The van der Waals surface area contributed by atoms with Crippen LogP contribution in [0.5, 0.6) is 0 Å². The molecule has 0 N–H and O–H groups in total. The van der Waals surface area contributed by atoms with Gasteiger partial charge in [-0.1, -0.05) is 84.0 Å². The SMILES string of the molecule is CCCCCCCCCCCCCCCC(=O)OB([O-])[O-].[Nb+2]. The van der Waals surface area contributed by atoms with Crippen molar-refractivity contribution in [3.8, 4) is 0 Å². The summed E-state index contributed by atoms with van der Waals surface area (Å²) in [5.74, 6) is -0.659. The number of carbonyl (C=O) groups excluding carboxylic acids is 1. The Kier molecular flexibility index (Phi) is 21.4. The normalized spacial score (nSPS) is 10.1. The summed E-state index contributed by atoms with van der Waals surface area (Å²) in [6.07, 6.45) is 16.3. The van der Waals surface area contributed by atoms with Crippen LogP contribution >= 0.6 is 0 Å². The Morgan fingerprint density at radius 1 is 0.773 bits per heavy atom. The van der Waals surface area contributed by atoms with E-state index in [1.165, 1.54) is 64.2 Å². The molecular formula is C16H31BNbO4. The van der Waals surface area contributed by atoms with E-state index in [2.05, 4.69) is 11.6 Å². The average molecular weight is 391 g/mol. The zero-order chi connectivity index (χ0) is 15.8. The molecule has 0 aromatic heterocycles. The van der Waals surface area contributed by atoms with E-state index in [4.69, 9.17) is 0 Å². The molecule has 6 heteroatoms. The number of hydrogen-bond donors (Lipinski definition) is 0. The molecule has 127 valence electrons. The molecule has 0 spiro atoms. The largest absolute Gasteiger partial charge is 2.00 e. The second-order valence-electron chi connectivity index (χ2n) is 5.77. The van der Waals surface area contributed by atoms with E-state index >= 15 is 0 Å². The van der Waals surface area contributed by atoms with Gasteiger partial charge in [0.1, 0.15) is 7.32 Å². The van der Waals surface area contributed by atoms with Gasteiger partial charge in [0, 0.05) is 6.42 Å². The Morgan fingerprint density at radius 2 is 1.14 bits per heavy atom. The van der Waals surface area contributed by atoms with E-state index in [0.29, 0.717) is 6.42 Å². The maximum atomic E-state index is 10.9. The van der Waals surface area contributed by atoms with Crippen LogP contribution < -0.4 is 10.0 Å². The van der Waals surface area contributed by atoms with Crippen molar-refractivity contribution in [2.45, 2.75) is 96.8 Å². The van der Waals surface area contributed by atoms with E-state index in [1.54, 1.807) is 0 Å². The Bertz CT molecular complexity index is 240. The molecule has 0 aliphatic carbocycles. The van der Waals surface area contributed by atoms with Crippen LogP contribution in [-0.2, 0) is 31.8 Å². The maximum absolute atomic E-state index is 10.9. The predicted octanol–water partition coefficient (Wildman–Crippen LogP) is 2.71. The predicted molar refractivity (Wildman–Crippen MR) is 82.2 cm³/mol. The first-order chi connectivity index (χ1) is 10.2. The van der Waals surface area contributed by atoms with Gasteiger partial charge < -0.3 is 14.7 Å². The van der Waals surface area contributed by atoms with Crippen molar-refractivity contribution in [2.24, 2.45) is 0 Å². The second-order valence-corrected chi connectivity index (χ2v) is 5.77. The molecule has 0 amide bonds. The molecule has 0 saturated carbocycles. The molecule has 0 rings (SSSR count). The van der Waals surface area contributed by atoms with Gasteiger partial charge in [0.25, 0.3) is 5.97 Å². The number of unbranched alkanes of at least 4 members (excludes halogenated alkanes) is 12. The van der Waals surface area contributed by atoms with Crippen molar-refractivity contribution in [1.82, 2.24) is 0 Å². The van der Waals surface area contributed by atoms with Crippen molar-refractivity contribution in [3.63, 3.8) is 0 Å².